The van der Waals surface area contributed by atoms with Crippen LogP contribution in [0.15, 0.2) is 41.4 Å². The average molecular weight is 438 g/mol. The van der Waals surface area contributed by atoms with Gasteiger partial charge in [-0.15, -0.1) is 0 Å². The summed E-state index contributed by atoms with van der Waals surface area (Å²) in [7, 11) is 3.08. The number of thioether (sulfide) groups is 1. The number of halogens is 3. The van der Waals surface area contributed by atoms with Crippen molar-refractivity contribution in [3.63, 3.8) is 0 Å². The van der Waals surface area contributed by atoms with Crippen molar-refractivity contribution in [3.8, 4) is 17.2 Å². The Hall–Kier alpha value is -2.88. The Morgan fingerprint density at radius 3 is 2.67 bits per heavy atom. The van der Waals surface area contributed by atoms with E-state index in [1.165, 1.54) is 35.9 Å². The zero-order valence-corrected chi connectivity index (χ0v) is 16.8. The summed E-state index contributed by atoms with van der Waals surface area (Å²) in [5, 5.41) is -0.155. The Balaban J connectivity index is 1.57. The third kappa shape index (κ3) is 3.91. The number of methoxy groups -OCH3 is 1. The van der Waals surface area contributed by atoms with Gasteiger partial charge in [0.25, 0.3) is 0 Å². The number of carbonyl (C=O) groups is 1. The fourth-order valence-electron chi connectivity index (χ4n) is 3.17. The molecule has 2 aliphatic rings. The smallest absolute Gasteiger partial charge is 0.416 e. The molecule has 0 radical (unpaired) electrons. The third-order valence-corrected chi connectivity index (χ3v) is 5.95. The van der Waals surface area contributed by atoms with Gasteiger partial charge < -0.3 is 14.2 Å². The molecule has 30 heavy (non-hydrogen) atoms. The highest BCUT2D eigenvalue weighted by Crippen LogP contribution is 2.40. The van der Waals surface area contributed by atoms with E-state index in [0.717, 1.165) is 17.7 Å². The van der Waals surface area contributed by atoms with Crippen LogP contribution in [-0.4, -0.2) is 42.2 Å². The van der Waals surface area contributed by atoms with Gasteiger partial charge in [0.1, 0.15) is 5.75 Å². The van der Waals surface area contributed by atoms with Gasteiger partial charge in [0, 0.05) is 13.1 Å². The standard InChI is InChI=1S/C20H17F3N2O4S/c1-25-18(26)17(7-11-6-15-16(29-10-28-15)9-14(11)27-2)30-19(25)24-13-5-3-4-12(8-13)20(21,22)23/h3-6,8-9,17H,7,10H2,1-2H3/t17-/m1/s1. The predicted molar refractivity (Wildman–Crippen MR) is 106 cm³/mol. The number of amides is 1. The molecule has 0 saturated carbocycles. The second-order valence-corrected chi connectivity index (χ2v) is 7.84. The molecule has 1 saturated heterocycles. The van der Waals surface area contributed by atoms with Gasteiger partial charge in [-0.25, -0.2) is 4.99 Å². The molecule has 4 rings (SSSR count). The zero-order valence-electron chi connectivity index (χ0n) is 16.0. The average Bonchev–Trinajstić information content (AvgIpc) is 3.27. The quantitative estimate of drug-likeness (QED) is 0.715. The van der Waals surface area contributed by atoms with Gasteiger partial charge in [-0.1, -0.05) is 17.8 Å². The van der Waals surface area contributed by atoms with Crippen molar-refractivity contribution in [2.75, 3.05) is 21.0 Å². The van der Waals surface area contributed by atoms with Gasteiger partial charge in [0.2, 0.25) is 12.7 Å². The summed E-state index contributed by atoms with van der Waals surface area (Å²) in [6.07, 6.45) is -4.12. The highest BCUT2D eigenvalue weighted by atomic mass is 32.2. The minimum absolute atomic E-state index is 0.121. The Morgan fingerprint density at radius 1 is 1.23 bits per heavy atom. The summed E-state index contributed by atoms with van der Waals surface area (Å²) < 4.78 is 55.0. The van der Waals surface area contributed by atoms with E-state index in [2.05, 4.69) is 4.99 Å². The number of hydrogen-bond acceptors (Lipinski definition) is 6. The number of carbonyl (C=O) groups excluding carboxylic acids is 1. The molecule has 0 unspecified atom stereocenters. The summed E-state index contributed by atoms with van der Waals surface area (Å²) >= 11 is 1.20. The first-order chi connectivity index (χ1) is 14.3. The number of alkyl halides is 3. The zero-order chi connectivity index (χ0) is 21.5. The monoisotopic (exact) mass is 438 g/mol. The number of amidine groups is 1. The van der Waals surface area contributed by atoms with E-state index in [-0.39, 0.29) is 18.4 Å². The van der Waals surface area contributed by atoms with E-state index < -0.39 is 17.0 Å². The molecule has 2 aromatic rings. The molecule has 0 bridgehead atoms. The summed E-state index contributed by atoms with van der Waals surface area (Å²) in [5.41, 5.74) is 0.109. The Kier molecular flexibility index (Phi) is 5.27. The van der Waals surface area contributed by atoms with Crippen LogP contribution in [0.25, 0.3) is 0 Å². The number of aliphatic imine (C=N–C) groups is 1. The van der Waals surface area contributed by atoms with E-state index in [1.807, 2.05) is 0 Å². The van der Waals surface area contributed by atoms with E-state index in [9.17, 15) is 18.0 Å². The minimum Gasteiger partial charge on any atom is -0.496 e. The number of rotatable bonds is 4. The first kappa shape index (κ1) is 20.4. The van der Waals surface area contributed by atoms with Gasteiger partial charge in [-0.3, -0.25) is 9.69 Å². The molecule has 1 fully saturated rings. The highest BCUT2D eigenvalue weighted by Gasteiger charge is 2.37. The fourth-order valence-corrected chi connectivity index (χ4v) is 4.36. The lowest BCUT2D eigenvalue weighted by Crippen LogP contribution is -2.28. The van der Waals surface area contributed by atoms with E-state index >= 15 is 0 Å². The maximum Gasteiger partial charge on any atom is 0.416 e. The van der Waals surface area contributed by atoms with Gasteiger partial charge in [0.15, 0.2) is 16.7 Å². The van der Waals surface area contributed by atoms with Crippen molar-refractivity contribution in [1.82, 2.24) is 4.90 Å². The molecule has 0 spiro atoms. The molecule has 2 aliphatic heterocycles. The number of hydrogen-bond donors (Lipinski definition) is 0. The molecule has 2 heterocycles. The lowest BCUT2D eigenvalue weighted by atomic mass is 10.1. The Bertz CT molecular complexity index is 1030. The van der Waals surface area contributed by atoms with Crippen LogP contribution in [0.4, 0.5) is 18.9 Å². The Labute approximate surface area is 174 Å². The summed E-state index contributed by atoms with van der Waals surface area (Å²) in [4.78, 5) is 18.3. The van der Waals surface area contributed by atoms with Crippen molar-refractivity contribution in [2.24, 2.45) is 4.99 Å². The molecule has 6 nitrogen and oxygen atoms in total. The van der Waals surface area contributed by atoms with Crippen LogP contribution in [0.5, 0.6) is 17.2 Å². The SMILES string of the molecule is COc1cc2c(cc1C[C@H]1SC(=Nc3cccc(C(F)(F)F)c3)N(C)C1=O)OCO2. The fraction of sp³-hybridized carbons (Fsp3) is 0.300. The minimum atomic E-state index is -4.46. The number of ether oxygens (including phenoxy) is 3. The van der Waals surface area contributed by atoms with Gasteiger partial charge in [-0.2, -0.15) is 13.2 Å². The molecule has 0 N–H and O–H groups in total. The normalized spacial score (nSPS) is 19.6. The summed E-state index contributed by atoms with van der Waals surface area (Å²) in [5.74, 6) is 1.53. The van der Waals surface area contributed by atoms with Crippen LogP contribution < -0.4 is 14.2 Å². The summed E-state index contributed by atoms with van der Waals surface area (Å²) in [6, 6.07) is 8.18. The molecule has 1 amide bonds. The van der Waals surface area contributed by atoms with Crippen LogP contribution in [0, 0.1) is 0 Å². The molecule has 2 aromatic carbocycles. The number of benzene rings is 2. The predicted octanol–water partition coefficient (Wildman–Crippen LogP) is 4.25. The van der Waals surface area contributed by atoms with Crippen LogP contribution in [0.1, 0.15) is 11.1 Å². The van der Waals surface area contributed by atoms with E-state index in [4.69, 9.17) is 14.2 Å². The highest BCUT2D eigenvalue weighted by molar-refractivity contribution is 8.15. The first-order valence-electron chi connectivity index (χ1n) is 8.93. The van der Waals surface area contributed by atoms with Gasteiger partial charge in [-0.05, 0) is 36.2 Å². The summed E-state index contributed by atoms with van der Waals surface area (Å²) in [6.45, 7) is 0.121. The molecule has 158 valence electrons. The molecular formula is C20H17F3N2O4S. The lowest BCUT2D eigenvalue weighted by molar-refractivity contribution is -0.137. The van der Waals surface area contributed by atoms with E-state index in [0.29, 0.717) is 28.8 Å². The van der Waals surface area contributed by atoms with Crippen LogP contribution in [0.2, 0.25) is 0 Å². The number of nitrogens with zero attached hydrogens (tertiary/aromatic N) is 2. The van der Waals surface area contributed by atoms with Crippen molar-refractivity contribution in [3.05, 3.63) is 47.5 Å². The molecule has 0 aromatic heterocycles. The first-order valence-corrected chi connectivity index (χ1v) is 9.81. The largest absolute Gasteiger partial charge is 0.496 e. The van der Waals surface area contributed by atoms with Gasteiger partial charge in [0.05, 0.1) is 23.6 Å². The van der Waals surface area contributed by atoms with Crippen molar-refractivity contribution < 1.29 is 32.2 Å². The van der Waals surface area contributed by atoms with Crippen LogP contribution in [-0.2, 0) is 17.4 Å². The third-order valence-electron chi connectivity index (χ3n) is 4.72. The molecule has 10 heteroatoms. The topological polar surface area (TPSA) is 60.4 Å². The molecule has 1 atom stereocenters. The van der Waals surface area contributed by atoms with Crippen molar-refractivity contribution >= 4 is 28.5 Å². The van der Waals surface area contributed by atoms with E-state index in [1.54, 1.807) is 19.2 Å². The molecule has 0 aliphatic carbocycles. The van der Waals surface area contributed by atoms with Crippen LogP contribution >= 0.6 is 11.8 Å². The Morgan fingerprint density at radius 2 is 1.97 bits per heavy atom. The molecular weight excluding hydrogens is 421 g/mol. The second-order valence-electron chi connectivity index (χ2n) is 6.67. The van der Waals surface area contributed by atoms with Crippen molar-refractivity contribution in [1.29, 1.82) is 0 Å². The second kappa shape index (κ2) is 7.75. The number of fused-ring (bicyclic) bond motifs is 1. The van der Waals surface area contributed by atoms with Gasteiger partial charge >= 0.3 is 6.18 Å². The maximum atomic E-state index is 12.9. The van der Waals surface area contributed by atoms with Crippen LogP contribution in [0.3, 0.4) is 0 Å². The maximum absolute atomic E-state index is 12.9. The van der Waals surface area contributed by atoms with Crippen molar-refractivity contribution in [2.45, 2.75) is 17.8 Å². The lowest BCUT2D eigenvalue weighted by Gasteiger charge is -2.12.